The van der Waals surface area contributed by atoms with Gasteiger partial charge in [0.15, 0.2) is 0 Å². The highest BCUT2D eigenvalue weighted by Gasteiger charge is 2.33. The van der Waals surface area contributed by atoms with Crippen molar-refractivity contribution in [3.05, 3.63) is 29.3 Å². The van der Waals surface area contributed by atoms with E-state index < -0.39 is 0 Å². The molecule has 0 spiro atoms. The van der Waals surface area contributed by atoms with Crippen LogP contribution in [-0.2, 0) is 11.3 Å². The lowest BCUT2D eigenvalue weighted by molar-refractivity contribution is -0.126. The zero-order chi connectivity index (χ0) is 14.0. The van der Waals surface area contributed by atoms with E-state index in [1.807, 2.05) is 6.07 Å². The fourth-order valence-electron chi connectivity index (χ4n) is 2.62. The predicted molar refractivity (Wildman–Crippen MR) is 76.5 cm³/mol. The second kappa shape index (κ2) is 5.33. The summed E-state index contributed by atoms with van der Waals surface area (Å²) in [6, 6.07) is 6.20. The van der Waals surface area contributed by atoms with E-state index in [2.05, 4.69) is 37.8 Å². The molecule has 1 fully saturated rings. The molecule has 0 aromatic heterocycles. The van der Waals surface area contributed by atoms with Crippen molar-refractivity contribution in [2.24, 2.45) is 0 Å². The van der Waals surface area contributed by atoms with Crippen LogP contribution in [0.4, 0.5) is 0 Å². The van der Waals surface area contributed by atoms with Gasteiger partial charge in [0.2, 0.25) is 0 Å². The number of hydrogen-bond acceptors (Lipinski definition) is 3. The second-order valence-corrected chi connectivity index (χ2v) is 6.02. The molecule has 3 heteroatoms. The number of benzene rings is 1. The van der Waals surface area contributed by atoms with Crippen molar-refractivity contribution in [1.82, 2.24) is 4.90 Å². The highest BCUT2D eigenvalue weighted by atomic mass is 16.5. The minimum Gasteiger partial charge on any atom is -0.496 e. The Morgan fingerprint density at radius 1 is 1.37 bits per heavy atom. The van der Waals surface area contributed by atoms with Gasteiger partial charge < -0.3 is 4.74 Å². The van der Waals surface area contributed by atoms with Gasteiger partial charge in [0.1, 0.15) is 11.5 Å². The van der Waals surface area contributed by atoms with E-state index in [9.17, 15) is 4.79 Å². The average Bonchev–Trinajstić information content (AvgIpc) is 2.35. The quantitative estimate of drug-likeness (QED) is 0.838. The molecule has 1 heterocycles. The Morgan fingerprint density at radius 3 is 2.79 bits per heavy atom. The first kappa shape index (κ1) is 14.1. The summed E-state index contributed by atoms with van der Waals surface area (Å²) in [7, 11) is 1.70. The van der Waals surface area contributed by atoms with Crippen molar-refractivity contribution in [1.29, 1.82) is 0 Å². The summed E-state index contributed by atoms with van der Waals surface area (Å²) < 4.78 is 5.43. The molecule has 1 aromatic rings. The minimum atomic E-state index is 0.0721. The summed E-state index contributed by atoms with van der Waals surface area (Å²) in [6.45, 7) is 7.81. The second-order valence-electron chi connectivity index (χ2n) is 6.02. The smallest absolute Gasteiger partial charge is 0.146 e. The first-order valence-corrected chi connectivity index (χ1v) is 6.82. The number of ether oxygens (including phenoxy) is 1. The van der Waals surface area contributed by atoms with Gasteiger partial charge >= 0.3 is 0 Å². The van der Waals surface area contributed by atoms with E-state index in [0.717, 1.165) is 24.3 Å². The Hall–Kier alpha value is -1.35. The third-order valence-electron chi connectivity index (χ3n) is 4.04. The molecule has 0 saturated carbocycles. The van der Waals surface area contributed by atoms with E-state index in [1.165, 1.54) is 5.56 Å². The van der Waals surface area contributed by atoms with E-state index in [-0.39, 0.29) is 5.54 Å². The van der Waals surface area contributed by atoms with Crippen molar-refractivity contribution in [3.8, 4) is 5.75 Å². The topological polar surface area (TPSA) is 29.5 Å². The molecular weight excluding hydrogens is 238 g/mol. The fraction of sp³-hybridized carbons (Fsp3) is 0.562. The molecule has 0 amide bonds. The molecule has 1 aromatic carbocycles. The molecule has 2 rings (SSSR count). The van der Waals surface area contributed by atoms with Crippen molar-refractivity contribution < 1.29 is 9.53 Å². The van der Waals surface area contributed by atoms with Crippen LogP contribution in [0.15, 0.2) is 18.2 Å². The maximum atomic E-state index is 11.7. The number of aryl methyl sites for hydroxylation is 1. The molecule has 1 saturated heterocycles. The highest BCUT2D eigenvalue weighted by molar-refractivity contribution is 5.81. The van der Waals surface area contributed by atoms with Gasteiger partial charge in [0, 0.05) is 24.1 Å². The lowest BCUT2D eigenvalue weighted by Crippen LogP contribution is -2.50. The molecule has 0 aliphatic carbocycles. The van der Waals surface area contributed by atoms with Crippen molar-refractivity contribution >= 4 is 5.78 Å². The third kappa shape index (κ3) is 3.16. The summed E-state index contributed by atoms with van der Waals surface area (Å²) in [5, 5.41) is 0. The normalized spacial score (nSPS) is 19.5. The summed E-state index contributed by atoms with van der Waals surface area (Å²) in [6.07, 6.45) is 1.63. The van der Waals surface area contributed by atoms with E-state index in [0.29, 0.717) is 18.7 Å². The van der Waals surface area contributed by atoms with Crippen LogP contribution in [0.25, 0.3) is 0 Å². The van der Waals surface area contributed by atoms with E-state index in [1.54, 1.807) is 7.11 Å². The Bertz CT molecular complexity index is 480. The lowest BCUT2D eigenvalue weighted by atomic mass is 9.89. The van der Waals surface area contributed by atoms with Crippen LogP contribution in [0.1, 0.15) is 37.8 Å². The number of hydrogen-bond donors (Lipinski definition) is 0. The van der Waals surface area contributed by atoms with E-state index >= 15 is 0 Å². The number of rotatable bonds is 3. The zero-order valence-corrected chi connectivity index (χ0v) is 12.3. The lowest BCUT2D eigenvalue weighted by Gasteiger charge is -2.42. The SMILES string of the molecule is COc1ccc(C)cc1CN1CC(=O)CCC1(C)C. The maximum Gasteiger partial charge on any atom is 0.146 e. The van der Waals surface area contributed by atoms with Gasteiger partial charge in [-0.05, 0) is 33.3 Å². The molecular formula is C16H23NO2. The van der Waals surface area contributed by atoms with Gasteiger partial charge in [-0.3, -0.25) is 9.69 Å². The Morgan fingerprint density at radius 2 is 2.11 bits per heavy atom. The average molecular weight is 261 g/mol. The number of piperidine rings is 1. The number of nitrogens with zero attached hydrogens (tertiary/aromatic N) is 1. The third-order valence-corrected chi connectivity index (χ3v) is 4.04. The monoisotopic (exact) mass is 261 g/mol. The number of carbonyl (C=O) groups excluding carboxylic acids is 1. The van der Waals surface area contributed by atoms with Crippen LogP contribution in [-0.4, -0.2) is 29.9 Å². The molecule has 3 nitrogen and oxygen atoms in total. The van der Waals surface area contributed by atoms with Crippen LogP contribution >= 0.6 is 0 Å². The number of methoxy groups -OCH3 is 1. The fourth-order valence-corrected chi connectivity index (χ4v) is 2.62. The number of Topliss-reactive ketones (excluding diaryl/α,β-unsaturated/α-hetero) is 1. The Labute approximate surface area is 115 Å². The van der Waals surface area contributed by atoms with Crippen LogP contribution in [0.5, 0.6) is 5.75 Å². The largest absolute Gasteiger partial charge is 0.496 e. The predicted octanol–water partition coefficient (Wildman–Crippen LogP) is 2.95. The van der Waals surface area contributed by atoms with Gasteiger partial charge in [-0.15, -0.1) is 0 Å². The molecule has 1 aliphatic heterocycles. The molecule has 104 valence electrons. The molecule has 1 aliphatic rings. The van der Waals surface area contributed by atoms with Gasteiger partial charge in [0.25, 0.3) is 0 Å². The van der Waals surface area contributed by atoms with E-state index in [4.69, 9.17) is 4.74 Å². The highest BCUT2D eigenvalue weighted by Crippen LogP contribution is 2.30. The summed E-state index contributed by atoms with van der Waals surface area (Å²) >= 11 is 0. The molecule has 0 bridgehead atoms. The summed E-state index contributed by atoms with van der Waals surface area (Å²) in [5.41, 5.74) is 2.45. The summed E-state index contributed by atoms with van der Waals surface area (Å²) in [4.78, 5) is 14.0. The number of carbonyl (C=O) groups is 1. The first-order valence-electron chi connectivity index (χ1n) is 6.82. The minimum absolute atomic E-state index is 0.0721. The van der Waals surface area contributed by atoms with Gasteiger partial charge in [-0.1, -0.05) is 17.7 Å². The van der Waals surface area contributed by atoms with Gasteiger partial charge in [-0.2, -0.15) is 0 Å². The number of ketones is 1. The molecule has 0 atom stereocenters. The van der Waals surface area contributed by atoms with Crippen LogP contribution in [0.3, 0.4) is 0 Å². The van der Waals surface area contributed by atoms with Gasteiger partial charge in [0.05, 0.1) is 13.7 Å². The van der Waals surface area contributed by atoms with Crippen molar-refractivity contribution in [2.45, 2.75) is 45.7 Å². The molecule has 19 heavy (non-hydrogen) atoms. The number of likely N-dealkylation sites (tertiary alicyclic amines) is 1. The van der Waals surface area contributed by atoms with Crippen molar-refractivity contribution in [3.63, 3.8) is 0 Å². The molecule has 0 unspecified atom stereocenters. The van der Waals surface area contributed by atoms with Crippen molar-refractivity contribution in [2.75, 3.05) is 13.7 Å². The molecule has 0 N–H and O–H groups in total. The van der Waals surface area contributed by atoms with Crippen LogP contribution in [0.2, 0.25) is 0 Å². The maximum absolute atomic E-state index is 11.7. The van der Waals surface area contributed by atoms with Crippen LogP contribution < -0.4 is 4.74 Å². The van der Waals surface area contributed by atoms with Crippen LogP contribution in [0, 0.1) is 6.92 Å². The zero-order valence-electron chi connectivity index (χ0n) is 12.3. The first-order chi connectivity index (χ1) is 8.92. The Kier molecular flexibility index (Phi) is 3.95. The Balaban J connectivity index is 2.24. The summed E-state index contributed by atoms with van der Waals surface area (Å²) in [5.74, 6) is 1.24. The molecule has 0 radical (unpaired) electrons. The standard InChI is InChI=1S/C16H23NO2/c1-12-5-6-15(19-4)13(9-12)10-17-11-14(18)7-8-16(17,2)3/h5-6,9H,7-8,10-11H2,1-4H3. The van der Waals surface area contributed by atoms with Gasteiger partial charge in [-0.25, -0.2) is 0 Å².